The summed E-state index contributed by atoms with van der Waals surface area (Å²) in [7, 11) is 1.62. The molecule has 20 heavy (non-hydrogen) atoms. The van der Waals surface area contributed by atoms with Crippen molar-refractivity contribution in [1.82, 2.24) is 4.98 Å². The van der Waals surface area contributed by atoms with Crippen molar-refractivity contribution in [2.75, 3.05) is 7.11 Å². The van der Waals surface area contributed by atoms with Gasteiger partial charge in [-0.25, -0.2) is 4.79 Å². The van der Waals surface area contributed by atoms with Gasteiger partial charge in [0, 0.05) is 11.3 Å². The number of hydrogen-bond acceptors (Lipinski definition) is 2. The molecule has 2 aromatic rings. The molecule has 0 amide bonds. The summed E-state index contributed by atoms with van der Waals surface area (Å²) in [6, 6.07) is 7.61. The van der Waals surface area contributed by atoms with E-state index in [1.54, 1.807) is 13.2 Å². The quantitative estimate of drug-likeness (QED) is 0.893. The van der Waals surface area contributed by atoms with Gasteiger partial charge in [-0.05, 0) is 43.9 Å². The van der Waals surface area contributed by atoms with E-state index in [0.717, 1.165) is 41.1 Å². The number of benzene rings is 1. The maximum atomic E-state index is 11.4. The first-order valence-corrected chi connectivity index (χ1v) is 6.71. The molecule has 0 radical (unpaired) electrons. The van der Waals surface area contributed by atoms with Crippen LogP contribution in [0.2, 0.25) is 0 Å². The third kappa shape index (κ3) is 2.18. The van der Waals surface area contributed by atoms with Crippen LogP contribution in [0.25, 0.3) is 11.3 Å². The Labute approximate surface area is 117 Å². The number of ether oxygens (including phenoxy) is 1. The second-order valence-electron chi connectivity index (χ2n) is 5.29. The number of H-pyrrole nitrogens is 1. The minimum absolute atomic E-state index is 0.366. The molecule has 1 saturated carbocycles. The van der Waals surface area contributed by atoms with E-state index in [2.05, 4.69) is 4.98 Å². The van der Waals surface area contributed by atoms with Gasteiger partial charge in [-0.3, -0.25) is 0 Å². The van der Waals surface area contributed by atoms with Gasteiger partial charge in [0.15, 0.2) is 0 Å². The number of aryl methyl sites for hydroxylation is 1. The summed E-state index contributed by atoms with van der Waals surface area (Å²) in [6.07, 6.45) is 2.12. The van der Waals surface area contributed by atoms with Gasteiger partial charge < -0.3 is 14.8 Å². The maximum Gasteiger partial charge on any atom is 0.337 e. The van der Waals surface area contributed by atoms with E-state index in [0.29, 0.717) is 11.5 Å². The molecule has 104 valence electrons. The van der Waals surface area contributed by atoms with E-state index in [4.69, 9.17) is 4.74 Å². The highest BCUT2D eigenvalue weighted by atomic mass is 16.5. The van der Waals surface area contributed by atoms with E-state index >= 15 is 0 Å². The summed E-state index contributed by atoms with van der Waals surface area (Å²) in [6.45, 7) is 2.01. The largest absolute Gasteiger partial charge is 0.496 e. The predicted octanol–water partition coefficient (Wildman–Crippen LogP) is 3.57. The van der Waals surface area contributed by atoms with E-state index in [9.17, 15) is 9.90 Å². The first-order chi connectivity index (χ1) is 9.60. The van der Waals surface area contributed by atoms with Gasteiger partial charge in [0.2, 0.25) is 0 Å². The molecule has 1 aromatic carbocycles. The van der Waals surface area contributed by atoms with Crippen molar-refractivity contribution >= 4 is 5.97 Å². The van der Waals surface area contributed by atoms with Crippen LogP contribution < -0.4 is 4.74 Å². The summed E-state index contributed by atoms with van der Waals surface area (Å²) in [5, 5.41) is 9.33. The van der Waals surface area contributed by atoms with Crippen LogP contribution in [0, 0.1) is 6.92 Å². The summed E-state index contributed by atoms with van der Waals surface area (Å²) < 4.78 is 5.37. The minimum atomic E-state index is -0.874. The molecule has 4 heteroatoms. The number of methoxy groups -OCH3 is 1. The summed E-state index contributed by atoms with van der Waals surface area (Å²) >= 11 is 0. The minimum Gasteiger partial charge on any atom is -0.496 e. The number of carbonyl (C=O) groups is 1. The normalized spacial score (nSPS) is 14.3. The van der Waals surface area contributed by atoms with E-state index in [-0.39, 0.29) is 0 Å². The molecule has 1 fully saturated rings. The van der Waals surface area contributed by atoms with Crippen molar-refractivity contribution in [2.24, 2.45) is 0 Å². The molecular formula is C16H17NO3. The first kappa shape index (κ1) is 12.8. The van der Waals surface area contributed by atoms with Crippen molar-refractivity contribution in [3.63, 3.8) is 0 Å². The molecule has 0 unspecified atom stereocenters. The standard InChI is InChI=1S/C16H17NO3/c1-9-3-6-14(20-2)11(7-9)13-8-12(16(18)19)15(17-13)10-4-5-10/h3,6-8,10,17H,4-5H2,1-2H3,(H,18,19). The number of carboxylic acids is 1. The Balaban J connectivity index is 2.12. The molecule has 1 aliphatic carbocycles. The molecule has 1 aliphatic rings. The predicted molar refractivity (Wildman–Crippen MR) is 76.5 cm³/mol. The van der Waals surface area contributed by atoms with Crippen molar-refractivity contribution in [2.45, 2.75) is 25.7 Å². The topological polar surface area (TPSA) is 62.3 Å². The smallest absolute Gasteiger partial charge is 0.337 e. The van der Waals surface area contributed by atoms with Gasteiger partial charge in [-0.2, -0.15) is 0 Å². The molecule has 4 nitrogen and oxygen atoms in total. The average Bonchev–Trinajstić information content (AvgIpc) is 3.17. The number of carboxylic acid groups (broad SMARTS) is 1. The second-order valence-corrected chi connectivity index (χ2v) is 5.29. The summed E-state index contributed by atoms with van der Waals surface area (Å²) in [5.41, 5.74) is 4.05. The molecule has 0 atom stereocenters. The molecule has 1 aromatic heterocycles. The molecule has 0 spiro atoms. The number of aromatic nitrogens is 1. The van der Waals surface area contributed by atoms with Crippen LogP contribution in [0.5, 0.6) is 5.75 Å². The Morgan fingerprint density at radius 2 is 2.10 bits per heavy atom. The highest BCUT2D eigenvalue weighted by Crippen LogP contribution is 2.43. The Kier molecular flexibility index (Phi) is 3.01. The third-order valence-corrected chi connectivity index (χ3v) is 3.71. The fourth-order valence-corrected chi connectivity index (χ4v) is 2.52. The van der Waals surface area contributed by atoms with Crippen LogP contribution >= 0.6 is 0 Å². The zero-order valence-corrected chi connectivity index (χ0v) is 11.6. The van der Waals surface area contributed by atoms with E-state index in [1.807, 2.05) is 25.1 Å². The Hall–Kier alpha value is -2.23. The fourth-order valence-electron chi connectivity index (χ4n) is 2.52. The van der Waals surface area contributed by atoms with Crippen LogP contribution in [0.4, 0.5) is 0 Å². The lowest BCUT2D eigenvalue weighted by Gasteiger charge is -2.08. The SMILES string of the molecule is COc1ccc(C)cc1-c1cc(C(=O)O)c(C2CC2)[nH]1. The lowest BCUT2D eigenvalue weighted by molar-refractivity contribution is 0.0696. The highest BCUT2D eigenvalue weighted by Gasteiger charge is 2.30. The van der Waals surface area contributed by atoms with Crippen LogP contribution in [-0.2, 0) is 0 Å². The number of rotatable bonds is 4. The van der Waals surface area contributed by atoms with Gasteiger partial charge in [0.05, 0.1) is 18.4 Å². The van der Waals surface area contributed by atoms with E-state index < -0.39 is 5.97 Å². The summed E-state index contributed by atoms with van der Waals surface area (Å²) in [4.78, 5) is 14.7. The van der Waals surface area contributed by atoms with Crippen molar-refractivity contribution in [1.29, 1.82) is 0 Å². The average molecular weight is 271 g/mol. The Morgan fingerprint density at radius 3 is 2.70 bits per heavy atom. The lowest BCUT2D eigenvalue weighted by Crippen LogP contribution is -1.98. The van der Waals surface area contributed by atoms with Gasteiger partial charge in [-0.15, -0.1) is 0 Å². The number of hydrogen-bond donors (Lipinski definition) is 2. The van der Waals surface area contributed by atoms with Crippen molar-refractivity contribution < 1.29 is 14.6 Å². The third-order valence-electron chi connectivity index (χ3n) is 3.71. The maximum absolute atomic E-state index is 11.4. The van der Waals surface area contributed by atoms with Crippen LogP contribution in [-0.4, -0.2) is 23.2 Å². The molecule has 3 rings (SSSR count). The Bertz CT molecular complexity index is 668. The van der Waals surface area contributed by atoms with Crippen LogP contribution in [0.3, 0.4) is 0 Å². The van der Waals surface area contributed by atoms with Crippen LogP contribution in [0.15, 0.2) is 24.3 Å². The molecular weight excluding hydrogens is 254 g/mol. The molecule has 0 saturated heterocycles. The van der Waals surface area contributed by atoms with Gasteiger partial charge in [-0.1, -0.05) is 11.6 Å². The van der Waals surface area contributed by atoms with Gasteiger partial charge in [0.25, 0.3) is 0 Å². The second kappa shape index (κ2) is 4.71. The van der Waals surface area contributed by atoms with Crippen LogP contribution in [0.1, 0.15) is 40.4 Å². The van der Waals surface area contributed by atoms with Crippen molar-refractivity contribution in [3.8, 4) is 17.0 Å². The summed E-state index contributed by atoms with van der Waals surface area (Å²) in [5.74, 6) is 0.239. The monoisotopic (exact) mass is 271 g/mol. The Morgan fingerprint density at radius 1 is 1.35 bits per heavy atom. The van der Waals surface area contributed by atoms with Gasteiger partial charge in [0.1, 0.15) is 5.75 Å². The molecule has 2 N–H and O–H groups in total. The fraction of sp³-hybridized carbons (Fsp3) is 0.312. The zero-order chi connectivity index (χ0) is 14.3. The highest BCUT2D eigenvalue weighted by molar-refractivity contribution is 5.91. The van der Waals surface area contributed by atoms with Crippen molar-refractivity contribution in [3.05, 3.63) is 41.1 Å². The number of nitrogens with one attached hydrogen (secondary N) is 1. The first-order valence-electron chi connectivity index (χ1n) is 6.71. The molecule has 0 bridgehead atoms. The number of aromatic carboxylic acids is 1. The van der Waals surface area contributed by atoms with Gasteiger partial charge >= 0.3 is 5.97 Å². The number of aromatic amines is 1. The molecule has 0 aliphatic heterocycles. The zero-order valence-electron chi connectivity index (χ0n) is 11.6. The lowest BCUT2D eigenvalue weighted by atomic mass is 10.1. The molecule has 1 heterocycles. The van der Waals surface area contributed by atoms with E-state index in [1.165, 1.54) is 0 Å².